The maximum Gasteiger partial charge on any atom is 0.325 e. The molecule has 0 unspecified atom stereocenters. The number of aromatic nitrogens is 2. The predicted molar refractivity (Wildman–Crippen MR) is 89.9 cm³/mol. The highest BCUT2D eigenvalue weighted by molar-refractivity contribution is 5.95. The average molecular weight is 371 g/mol. The Balaban J connectivity index is 1.47. The Hall–Kier alpha value is -3.75. The SMILES string of the molecule is O=C(CNC(=O)c1ccc(O)cc1)OCc1nnc(-c2ccc(F)cc2)o1. The van der Waals surface area contributed by atoms with Gasteiger partial charge in [-0.15, -0.1) is 10.2 Å². The van der Waals surface area contributed by atoms with Crippen molar-refractivity contribution in [3.05, 3.63) is 65.8 Å². The Kier molecular flexibility index (Phi) is 5.41. The summed E-state index contributed by atoms with van der Waals surface area (Å²) in [4.78, 5) is 23.6. The van der Waals surface area contributed by atoms with Gasteiger partial charge in [0.2, 0.25) is 5.89 Å². The Morgan fingerprint density at radius 1 is 1.07 bits per heavy atom. The lowest BCUT2D eigenvalue weighted by molar-refractivity contribution is -0.144. The van der Waals surface area contributed by atoms with E-state index in [4.69, 9.17) is 9.15 Å². The van der Waals surface area contributed by atoms with Gasteiger partial charge in [-0.2, -0.15) is 0 Å². The van der Waals surface area contributed by atoms with Crippen LogP contribution in [0.15, 0.2) is 52.9 Å². The third-order valence-corrected chi connectivity index (χ3v) is 3.44. The molecule has 8 nitrogen and oxygen atoms in total. The van der Waals surface area contributed by atoms with Crippen LogP contribution in [0.5, 0.6) is 5.75 Å². The van der Waals surface area contributed by atoms with Crippen molar-refractivity contribution in [1.29, 1.82) is 0 Å². The molecular weight excluding hydrogens is 357 g/mol. The molecule has 1 aromatic heterocycles. The second-order valence-corrected chi connectivity index (χ2v) is 5.40. The van der Waals surface area contributed by atoms with E-state index < -0.39 is 11.9 Å². The van der Waals surface area contributed by atoms with Crippen molar-refractivity contribution in [2.75, 3.05) is 6.54 Å². The van der Waals surface area contributed by atoms with Crippen LogP contribution in [0.2, 0.25) is 0 Å². The van der Waals surface area contributed by atoms with Crippen LogP contribution in [-0.4, -0.2) is 33.7 Å². The third-order valence-electron chi connectivity index (χ3n) is 3.44. The highest BCUT2D eigenvalue weighted by Crippen LogP contribution is 2.18. The van der Waals surface area contributed by atoms with Crippen LogP contribution in [0, 0.1) is 5.82 Å². The van der Waals surface area contributed by atoms with Crippen molar-refractivity contribution in [3.8, 4) is 17.2 Å². The summed E-state index contributed by atoms with van der Waals surface area (Å²) in [5, 5.41) is 19.1. The van der Waals surface area contributed by atoms with Crippen molar-refractivity contribution >= 4 is 11.9 Å². The summed E-state index contributed by atoms with van der Waals surface area (Å²) in [5.74, 6) is -1.30. The molecule has 9 heteroatoms. The molecule has 2 aromatic carbocycles. The lowest BCUT2D eigenvalue weighted by Gasteiger charge is -2.05. The summed E-state index contributed by atoms with van der Waals surface area (Å²) in [6.45, 7) is -0.610. The number of phenolic OH excluding ortho intramolecular Hbond substituents is 1. The summed E-state index contributed by atoms with van der Waals surface area (Å²) < 4.78 is 23.2. The number of rotatable bonds is 6. The lowest BCUT2D eigenvalue weighted by Crippen LogP contribution is -2.30. The van der Waals surface area contributed by atoms with Gasteiger partial charge in [0.15, 0.2) is 6.61 Å². The van der Waals surface area contributed by atoms with Crippen LogP contribution in [0.1, 0.15) is 16.2 Å². The van der Waals surface area contributed by atoms with Crippen LogP contribution < -0.4 is 5.32 Å². The summed E-state index contributed by atoms with van der Waals surface area (Å²) in [7, 11) is 0. The number of nitrogens with zero attached hydrogens (tertiary/aromatic N) is 2. The topological polar surface area (TPSA) is 115 Å². The Labute approximate surface area is 152 Å². The van der Waals surface area contributed by atoms with E-state index in [1.54, 1.807) is 0 Å². The molecule has 3 rings (SSSR count). The Bertz CT molecular complexity index is 938. The van der Waals surface area contributed by atoms with E-state index in [-0.39, 0.29) is 36.5 Å². The molecule has 0 saturated carbocycles. The Morgan fingerprint density at radius 2 is 1.78 bits per heavy atom. The number of ether oxygens (including phenoxy) is 1. The second-order valence-electron chi connectivity index (χ2n) is 5.40. The van der Waals surface area contributed by atoms with Gasteiger partial charge in [0.1, 0.15) is 18.1 Å². The first-order chi connectivity index (χ1) is 13.0. The first-order valence-corrected chi connectivity index (χ1v) is 7.82. The van der Waals surface area contributed by atoms with Crippen molar-refractivity contribution in [2.45, 2.75) is 6.61 Å². The smallest absolute Gasteiger partial charge is 0.325 e. The largest absolute Gasteiger partial charge is 0.508 e. The van der Waals surface area contributed by atoms with Gasteiger partial charge in [0, 0.05) is 11.1 Å². The number of aromatic hydroxyl groups is 1. The van der Waals surface area contributed by atoms with Gasteiger partial charge in [-0.25, -0.2) is 4.39 Å². The quantitative estimate of drug-likeness (QED) is 0.637. The monoisotopic (exact) mass is 371 g/mol. The molecule has 0 bridgehead atoms. The fourth-order valence-electron chi connectivity index (χ4n) is 2.08. The number of carbonyl (C=O) groups is 2. The zero-order valence-corrected chi connectivity index (χ0v) is 13.9. The molecular formula is C18H14FN3O5. The number of nitrogens with one attached hydrogen (secondary N) is 1. The normalized spacial score (nSPS) is 10.4. The number of hydrogen-bond acceptors (Lipinski definition) is 7. The minimum absolute atomic E-state index is 0.0329. The fourth-order valence-corrected chi connectivity index (χ4v) is 2.08. The van der Waals surface area contributed by atoms with E-state index in [1.807, 2.05) is 0 Å². The molecule has 3 aromatic rings. The van der Waals surface area contributed by atoms with Crippen molar-refractivity contribution in [3.63, 3.8) is 0 Å². The zero-order chi connectivity index (χ0) is 19.2. The van der Waals surface area contributed by atoms with E-state index >= 15 is 0 Å². The summed E-state index contributed by atoms with van der Waals surface area (Å²) in [6.07, 6.45) is 0. The van der Waals surface area contributed by atoms with Gasteiger partial charge in [-0.1, -0.05) is 0 Å². The van der Waals surface area contributed by atoms with Crippen LogP contribution in [-0.2, 0) is 16.1 Å². The highest BCUT2D eigenvalue weighted by atomic mass is 19.1. The van der Waals surface area contributed by atoms with Gasteiger partial charge in [-0.3, -0.25) is 9.59 Å². The van der Waals surface area contributed by atoms with Crippen molar-refractivity contribution in [2.24, 2.45) is 0 Å². The van der Waals surface area contributed by atoms with Crippen LogP contribution in [0.3, 0.4) is 0 Å². The number of benzene rings is 2. The minimum Gasteiger partial charge on any atom is -0.508 e. The molecule has 0 atom stereocenters. The molecule has 0 radical (unpaired) electrons. The predicted octanol–water partition coefficient (Wildman–Crippen LogP) is 2.05. The zero-order valence-electron chi connectivity index (χ0n) is 13.9. The average Bonchev–Trinajstić information content (AvgIpc) is 3.14. The first-order valence-electron chi connectivity index (χ1n) is 7.82. The summed E-state index contributed by atoms with van der Waals surface area (Å²) in [6, 6.07) is 11.1. The van der Waals surface area contributed by atoms with Gasteiger partial charge in [-0.05, 0) is 48.5 Å². The molecule has 2 N–H and O–H groups in total. The molecule has 1 amide bonds. The van der Waals surface area contributed by atoms with Crippen LogP contribution >= 0.6 is 0 Å². The Morgan fingerprint density at radius 3 is 2.48 bits per heavy atom. The molecule has 0 fully saturated rings. The summed E-state index contributed by atoms with van der Waals surface area (Å²) >= 11 is 0. The molecule has 0 spiro atoms. The maximum atomic E-state index is 12.9. The van der Waals surface area contributed by atoms with Gasteiger partial charge in [0.25, 0.3) is 11.8 Å². The second kappa shape index (κ2) is 8.09. The molecule has 138 valence electrons. The van der Waals surface area contributed by atoms with Crippen molar-refractivity contribution < 1.29 is 28.2 Å². The number of phenols is 1. The number of hydrogen-bond donors (Lipinski definition) is 2. The molecule has 0 aliphatic heterocycles. The van der Waals surface area contributed by atoms with Gasteiger partial charge < -0.3 is 19.6 Å². The van der Waals surface area contributed by atoms with Crippen molar-refractivity contribution in [1.82, 2.24) is 15.5 Å². The number of carbonyl (C=O) groups excluding carboxylic acids is 2. The molecule has 0 aliphatic carbocycles. The molecule has 0 saturated heterocycles. The third kappa shape index (κ3) is 4.88. The van der Waals surface area contributed by atoms with E-state index in [1.165, 1.54) is 48.5 Å². The standard InChI is InChI=1S/C18H14FN3O5/c19-13-5-1-12(2-6-13)18-22-21-15(27-18)10-26-16(24)9-20-17(25)11-3-7-14(23)8-4-11/h1-8,23H,9-10H2,(H,20,25). The van der Waals surface area contributed by atoms with Gasteiger partial charge >= 0.3 is 5.97 Å². The van der Waals surface area contributed by atoms with E-state index in [0.717, 1.165) is 0 Å². The number of esters is 1. The first kappa shape index (κ1) is 18.1. The summed E-state index contributed by atoms with van der Waals surface area (Å²) in [5.41, 5.74) is 0.823. The number of halogens is 1. The van der Waals surface area contributed by atoms with E-state index in [9.17, 15) is 19.1 Å². The molecule has 0 aliphatic rings. The van der Waals surface area contributed by atoms with E-state index in [2.05, 4.69) is 15.5 Å². The van der Waals surface area contributed by atoms with Crippen LogP contribution in [0.4, 0.5) is 4.39 Å². The maximum absolute atomic E-state index is 12.9. The minimum atomic E-state index is -0.691. The lowest BCUT2D eigenvalue weighted by atomic mass is 10.2. The fraction of sp³-hybridized carbons (Fsp3) is 0.111. The highest BCUT2D eigenvalue weighted by Gasteiger charge is 2.12. The molecule has 27 heavy (non-hydrogen) atoms. The van der Waals surface area contributed by atoms with Gasteiger partial charge in [0.05, 0.1) is 0 Å². The molecule has 1 heterocycles. The van der Waals surface area contributed by atoms with Crippen LogP contribution in [0.25, 0.3) is 11.5 Å². The van der Waals surface area contributed by atoms with E-state index in [0.29, 0.717) is 11.1 Å². The number of amides is 1.